The van der Waals surface area contributed by atoms with Gasteiger partial charge in [0.2, 0.25) is 0 Å². The average molecular weight is 323 g/mol. The summed E-state index contributed by atoms with van der Waals surface area (Å²) in [4.78, 5) is 0. The van der Waals surface area contributed by atoms with E-state index < -0.39 is 0 Å². The van der Waals surface area contributed by atoms with Gasteiger partial charge in [0.15, 0.2) is 16.6 Å². The Labute approximate surface area is 135 Å². The molecule has 7 heteroatoms. The van der Waals surface area contributed by atoms with Crippen molar-refractivity contribution in [1.82, 2.24) is 10.7 Å². The number of hydrazone groups is 1. The molecule has 1 saturated heterocycles. The maximum absolute atomic E-state index is 10.0. The number of phenolic OH excluding ortho intramolecular Hbond substituents is 1. The van der Waals surface area contributed by atoms with Gasteiger partial charge in [-0.25, -0.2) is 0 Å². The number of hydrogen-bond acceptors (Lipinski definition) is 5. The summed E-state index contributed by atoms with van der Waals surface area (Å²) in [5, 5.41) is 17.5. The van der Waals surface area contributed by atoms with Crippen LogP contribution in [-0.2, 0) is 4.74 Å². The number of ether oxygens (including phenoxy) is 2. The standard InChI is InChI=1S/C15H21N3O3S/c1-2-20-13-7-3-5-11(14(13)19)9-17-18-15(22)16-10-12-6-4-8-21-12/h3,5,7,9,12,19H,2,4,6,8,10H2,1H3,(H2,16,18,22)/b17-9+/t12-/m0/s1. The van der Waals surface area contributed by atoms with Gasteiger partial charge in [-0.3, -0.25) is 5.43 Å². The molecule has 22 heavy (non-hydrogen) atoms. The normalized spacial score (nSPS) is 17.6. The summed E-state index contributed by atoms with van der Waals surface area (Å²) in [6.07, 6.45) is 3.87. The summed E-state index contributed by atoms with van der Waals surface area (Å²) in [6, 6.07) is 5.24. The molecule has 1 aromatic rings. The average Bonchev–Trinajstić information content (AvgIpc) is 3.02. The Balaban J connectivity index is 1.81. The molecule has 0 aliphatic carbocycles. The molecule has 120 valence electrons. The molecule has 0 unspecified atom stereocenters. The van der Waals surface area contributed by atoms with Crippen LogP contribution in [0.2, 0.25) is 0 Å². The van der Waals surface area contributed by atoms with Crippen LogP contribution in [0.3, 0.4) is 0 Å². The number of phenols is 1. The molecule has 0 aromatic heterocycles. The smallest absolute Gasteiger partial charge is 0.187 e. The summed E-state index contributed by atoms with van der Waals surface area (Å²) < 4.78 is 10.8. The van der Waals surface area contributed by atoms with Crippen LogP contribution in [0.5, 0.6) is 11.5 Å². The van der Waals surface area contributed by atoms with Crippen LogP contribution >= 0.6 is 12.2 Å². The zero-order valence-corrected chi connectivity index (χ0v) is 13.4. The van der Waals surface area contributed by atoms with Crippen molar-refractivity contribution in [1.29, 1.82) is 0 Å². The Kier molecular flexibility index (Phi) is 6.42. The number of nitrogens with zero attached hydrogens (tertiary/aromatic N) is 1. The molecule has 1 aliphatic heterocycles. The third-order valence-electron chi connectivity index (χ3n) is 3.21. The van der Waals surface area contributed by atoms with Crippen molar-refractivity contribution in [3.8, 4) is 11.5 Å². The Hall–Kier alpha value is -1.86. The summed E-state index contributed by atoms with van der Waals surface area (Å²) in [6.45, 7) is 3.84. The first-order valence-corrected chi connectivity index (χ1v) is 7.74. The van der Waals surface area contributed by atoms with Crippen molar-refractivity contribution < 1.29 is 14.6 Å². The molecule has 6 nitrogen and oxygen atoms in total. The highest BCUT2D eigenvalue weighted by Crippen LogP contribution is 2.28. The Morgan fingerprint density at radius 3 is 3.18 bits per heavy atom. The minimum atomic E-state index is 0.0631. The van der Waals surface area contributed by atoms with Crippen LogP contribution in [-0.4, -0.2) is 42.3 Å². The molecule has 1 aromatic carbocycles. The predicted molar refractivity (Wildman–Crippen MR) is 89.6 cm³/mol. The van der Waals surface area contributed by atoms with E-state index in [1.807, 2.05) is 6.92 Å². The fourth-order valence-corrected chi connectivity index (χ4v) is 2.26. The molecule has 1 aliphatic rings. The second-order valence-corrected chi connectivity index (χ2v) is 5.25. The number of thiocarbonyl (C=S) groups is 1. The van der Waals surface area contributed by atoms with Gasteiger partial charge >= 0.3 is 0 Å². The monoisotopic (exact) mass is 323 g/mol. The molecule has 0 amide bonds. The Morgan fingerprint density at radius 1 is 1.59 bits per heavy atom. The van der Waals surface area contributed by atoms with E-state index in [1.165, 1.54) is 6.21 Å². The zero-order valence-electron chi connectivity index (χ0n) is 12.5. The van der Waals surface area contributed by atoms with E-state index in [0.717, 1.165) is 19.4 Å². The van der Waals surface area contributed by atoms with Crippen molar-refractivity contribution in [3.05, 3.63) is 23.8 Å². The van der Waals surface area contributed by atoms with E-state index in [-0.39, 0.29) is 11.9 Å². The maximum Gasteiger partial charge on any atom is 0.187 e. The minimum Gasteiger partial charge on any atom is -0.504 e. The second-order valence-electron chi connectivity index (χ2n) is 4.84. The minimum absolute atomic E-state index is 0.0631. The van der Waals surface area contributed by atoms with Gasteiger partial charge in [0.05, 0.1) is 18.9 Å². The van der Waals surface area contributed by atoms with Gasteiger partial charge in [0.1, 0.15) is 0 Å². The van der Waals surface area contributed by atoms with Gasteiger partial charge in [0, 0.05) is 18.7 Å². The number of para-hydroxylation sites is 1. The lowest BCUT2D eigenvalue weighted by atomic mass is 10.2. The van der Waals surface area contributed by atoms with E-state index in [4.69, 9.17) is 21.7 Å². The SMILES string of the molecule is CCOc1cccc(/C=N/NC(=S)NC[C@@H]2CCCO2)c1O. The number of aromatic hydroxyl groups is 1. The van der Waals surface area contributed by atoms with E-state index in [9.17, 15) is 5.11 Å². The topological polar surface area (TPSA) is 75.1 Å². The van der Waals surface area contributed by atoms with Gasteiger partial charge < -0.3 is 19.9 Å². The van der Waals surface area contributed by atoms with Crippen molar-refractivity contribution in [2.24, 2.45) is 5.10 Å². The van der Waals surface area contributed by atoms with Crippen LogP contribution in [0.25, 0.3) is 0 Å². The number of nitrogens with one attached hydrogen (secondary N) is 2. The fourth-order valence-electron chi connectivity index (χ4n) is 2.13. The maximum atomic E-state index is 10.0. The van der Waals surface area contributed by atoms with Crippen LogP contribution in [0, 0.1) is 0 Å². The van der Waals surface area contributed by atoms with Crippen LogP contribution in [0.4, 0.5) is 0 Å². The molecule has 0 radical (unpaired) electrons. The summed E-state index contributed by atoms with van der Waals surface area (Å²) >= 11 is 5.13. The highest BCUT2D eigenvalue weighted by molar-refractivity contribution is 7.80. The summed E-state index contributed by atoms with van der Waals surface area (Å²) in [7, 11) is 0. The summed E-state index contributed by atoms with van der Waals surface area (Å²) in [5.41, 5.74) is 3.27. The van der Waals surface area contributed by atoms with E-state index in [0.29, 0.717) is 29.6 Å². The van der Waals surface area contributed by atoms with E-state index in [2.05, 4.69) is 15.8 Å². The van der Waals surface area contributed by atoms with Gasteiger partial charge in [0.25, 0.3) is 0 Å². The van der Waals surface area contributed by atoms with E-state index in [1.54, 1.807) is 18.2 Å². The second kappa shape index (κ2) is 8.55. The molecule has 1 atom stereocenters. The first-order chi connectivity index (χ1) is 10.7. The molecule has 0 saturated carbocycles. The third kappa shape index (κ3) is 4.85. The molecule has 3 N–H and O–H groups in total. The van der Waals surface area contributed by atoms with Gasteiger partial charge in [-0.2, -0.15) is 5.10 Å². The third-order valence-corrected chi connectivity index (χ3v) is 3.45. The molecular weight excluding hydrogens is 302 g/mol. The zero-order chi connectivity index (χ0) is 15.8. The van der Waals surface area contributed by atoms with Gasteiger partial charge in [-0.15, -0.1) is 0 Å². The lowest BCUT2D eigenvalue weighted by molar-refractivity contribution is 0.114. The first kappa shape index (κ1) is 16.5. The van der Waals surface area contributed by atoms with Crippen molar-refractivity contribution in [2.45, 2.75) is 25.9 Å². The highest BCUT2D eigenvalue weighted by atomic mass is 32.1. The largest absolute Gasteiger partial charge is 0.504 e. The number of benzene rings is 1. The molecule has 2 rings (SSSR count). The number of rotatable bonds is 6. The lowest BCUT2D eigenvalue weighted by Crippen LogP contribution is -2.37. The van der Waals surface area contributed by atoms with Crippen LogP contribution in [0.1, 0.15) is 25.3 Å². The van der Waals surface area contributed by atoms with Crippen LogP contribution in [0.15, 0.2) is 23.3 Å². The van der Waals surface area contributed by atoms with E-state index >= 15 is 0 Å². The number of hydrogen-bond donors (Lipinski definition) is 3. The highest BCUT2D eigenvalue weighted by Gasteiger charge is 2.15. The Bertz CT molecular complexity index is 531. The summed E-state index contributed by atoms with van der Waals surface area (Å²) in [5.74, 6) is 0.499. The lowest BCUT2D eigenvalue weighted by Gasteiger charge is -2.11. The molecule has 1 fully saturated rings. The fraction of sp³-hybridized carbons (Fsp3) is 0.467. The molecular formula is C15H21N3O3S. The van der Waals surface area contributed by atoms with Gasteiger partial charge in [-0.05, 0) is 44.1 Å². The molecule has 1 heterocycles. The Morgan fingerprint density at radius 2 is 2.45 bits per heavy atom. The van der Waals surface area contributed by atoms with Gasteiger partial charge in [-0.1, -0.05) is 6.07 Å². The molecule has 0 spiro atoms. The van der Waals surface area contributed by atoms with Crippen LogP contribution < -0.4 is 15.5 Å². The first-order valence-electron chi connectivity index (χ1n) is 7.34. The predicted octanol–water partition coefficient (Wildman–Crippen LogP) is 1.77. The van der Waals surface area contributed by atoms with Crippen molar-refractivity contribution in [2.75, 3.05) is 19.8 Å². The quantitative estimate of drug-likeness (QED) is 0.421. The molecule has 0 bridgehead atoms. The van der Waals surface area contributed by atoms with Crippen molar-refractivity contribution >= 4 is 23.5 Å². The van der Waals surface area contributed by atoms with Crippen molar-refractivity contribution in [3.63, 3.8) is 0 Å².